The zero-order valence-electron chi connectivity index (χ0n) is 38.8. The molecule has 0 aliphatic heterocycles. The smallest absolute Gasteiger partial charge is 0.306 e. The maximum atomic E-state index is 12.8. The molecule has 0 saturated carbocycles. The monoisotopic (exact) mass is 807 g/mol. The number of esters is 3. The predicted octanol–water partition coefficient (Wildman–Crippen LogP) is 16.3. The van der Waals surface area contributed by atoms with Gasteiger partial charge in [0, 0.05) is 19.3 Å². The van der Waals surface area contributed by atoms with Gasteiger partial charge in [-0.25, -0.2) is 0 Å². The molecule has 0 radical (unpaired) electrons. The van der Waals surface area contributed by atoms with Gasteiger partial charge in [-0.15, -0.1) is 0 Å². The number of carbonyl (C=O) groups excluding carboxylic acids is 3. The highest BCUT2D eigenvalue weighted by Gasteiger charge is 2.19. The Labute approximate surface area is 355 Å². The Bertz CT molecular complexity index is 857. The molecule has 0 aliphatic carbocycles. The Morgan fingerprint density at radius 3 is 0.860 bits per heavy atom. The first-order chi connectivity index (χ1) is 27.9. The fourth-order valence-corrected chi connectivity index (χ4v) is 7.69. The van der Waals surface area contributed by atoms with Gasteiger partial charge in [0.05, 0.1) is 0 Å². The van der Waals surface area contributed by atoms with E-state index in [1.54, 1.807) is 0 Å². The van der Waals surface area contributed by atoms with Gasteiger partial charge in [0.2, 0.25) is 0 Å². The molecule has 6 nitrogen and oxygen atoms in total. The molecule has 0 aromatic heterocycles. The fraction of sp³-hybridized carbons (Fsp3) is 0.941. The molecule has 57 heavy (non-hydrogen) atoms. The van der Waals surface area contributed by atoms with Crippen LogP contribution in [0.4, 0.5) is 0 Å². The topological polar surface area (TPSA) is 78.9 Å². The van der Waals surface area contributed by atoms with E-state index in [-0.39, 0.29) is 31.1 Å². The van der Waals surface area contributed by atoms with Crippen molar-refractivity contribution >= 4 is 17.9 Å². The summed E-state index contributed by atoms with van der Waals surface area (Å²) in [5.41, 5.74) is 0. The van der Waals surface area contributed by atoms with Gasteiger partial charge in [-0.1, -0.05) is 246 Å². The molecule has 6 heteroatoms. The van der Waals surface area contributed by atoms with Crippen LogP contribution in [-0.4, -0.2) is 37.2 Å². The molecule has 0 rings (SSSR count). The van der Waals surface area contributed by atoms with Crippen LogP contribution < -0.4 is 0 Å². The van der Waals surface area contributed by atoms with Crippen LogP contribution in [0.25, 0.3) is 0 Å². The molecule has 1 atom stereocenters. The zero-order valence-corrected chi connectivity index (χ0v) is 38.8. The van der Waals surface area contributed by atoms with Crippen LogP contribution in [0.5, 0.6) is 0 Å². The molecule has 0 fully saturated rings. The van der Waals surface area contributed by atoms with Crippen LogP contribution in [0.2, 0.25) is 0 Å². The lowest BCUT2D eigenvalue weighted by Gasteiger charge is -2.18. The van der Waals surface area contributed by atoms with E-state index < -0.39 is 6.10 Å². The Kier molecular flexibility index (Phi) is 44.2. The van der Waals surface area contributed by atoms with Crippen molar-refractivity contribution in [2.24, 2.45) is 5.92 Å². The van der Waals surface area contributed by atoms with Crippen LogP contribution in [-0.2, 0) is 28.6 Å². The molecule has 0 bridgehead atoms. The van der Waals surface area contributed by atoms with Crippen LogP contribution in [0.1, 0.15) is 285 Å². The van der Waals surface area contributed by atoms with Crippen molar-refractivity contribution in [3.63, 3.8) is 0 Å². The average Bonchev–Trinajstić information content (AvgIpc) is 3.19. The predicted molar refractivity (Wildman–Crippen MR) is 243 cm³/mol. The van der Waals surface area contributed by atoms with Gasteiger partial charge in [-0.3, -0.25) is 14.4 Å². The lowest BCUT2D eigenvalue weighted by Crippen LogP contribution is -2.30. The van der Waals surface area contributed by atoms with E-state index in [0.717, 1.165) is 63.7 Å². The Morgan fingerprint density at radius 1 is 0.333 bits per heavy atom. The highest BCUT2D eigenvalue weighted by atomic mass is 16.6. The largest absolute Gasteiger partial charge is 0.462 e. The molecule has 0 amide bonds. The number of hydrogen-bond acceptors (Lipinski definition) is 6. The van der Waals surface area contributed by atoms with Gasteiger partial charge in [-0.2, -0.15) is 0 Å². The highest BCUT2D eigenvalue weighted by Crippen LogP contribution is 2.17. The van der Waals surface area contributed by atoms with Crippen LogP contribution in [0.15, 0.2) is 0 Å². The van der Waals surface area contributed by atoms with Crippen molar-refractivity contribution in [2.45, 2.75) is 291 Å². The van der Waals surface area contributed by atoms with Gasteiger partial charge < -0.3 is 14.2 Å². The first-order valence-electron chi connectivity index (χ1n) is 25.4. The second kappa shape index (κ2) is 45.5. The summed E-state index contributed by atoms with van der Waals surface area (Å²) >= 11 is 0. The standard InChI is InChI=1S/C51H98O6/c1-5-7-9-11-13-15-17-19-20-21-22-24-26-28-30-36-40-44-51(54)57-48(46-56-50(53)43-39-35-32-31-33-37-41-47(3)4)45-55-49(52)42-38-34-29-27-25-23-18-16-14-12-10-8-6-2/h47-48H,5-46H2,1-4H3/t48-/m1/s1. The van der Waals surface area contributed by atoms with Gasteiger partial charge in [-0.05, 0) is 25.2 Å². The summed E-state index contributed by atoms with van der Waals surface area (Å²) in [5.74, 6) is -0.0875. The van der Waals surface area contributed by atoms with E-state index in [9.17, 15) is 14.4 Å². The maximum Gasteiger partial charge on any atom is 0.306 e. The lowest BCUT2D eigenvalue weighted by atomic mass is 10.0. The molecule has 0 heterocycles. The Balaban J connectivity index is 4.26. The van der Waals surface area contributed by atoms with Crippen LogP contribution >= 0.6 is 0 Å². The van der Waals surface area contributed by atoms with Crippen molar-refractivity contribution in [1.82, 2.24) is 0 Å². The molecule has 0 aliphatic rings. The minimum absolute atomic E-state index is 0.0638. The SMILES string of the molecule is CCCCCCCCCCCCCCCCCCCC(=O)O[C@H](COC(=O)CCCCCCCCCCCCCCC)COC(=O)CCCCCCCCC(C)C. The lowest BCUT2D eigenvalue weighted by molar-refractivity contribution is -0.167. The summed E-state index contributed by atoms with van der Waals surface area (Å²) in [7, 11) is 0. The van der Waals surface area contributed by atoms with Crippen LogP contribution in [0, 0.1) is 5.92 Å². The van der Waals surface area contributed by atoms with Gasteiger partial charge in [0.25, 0.3) is 0 Å². The molecule has 338 valence electrons. The van der Waals surface area contributed by atoms with Crippen LogP contribution in [0.3, 0.4) is 0 Å². The Hall–Kier alpha value is -1.59. The summed E-state index contributed by atoms with van der Waals surface area (Å²) in [4.78, 5) is 37.8. The number of ether oxygens (including phenoxy) is 3. The third-order valence-corrected chi connectivity index (χ3v) is 11.5. The minimum Gasteiger partial charge on any atom is -0.462 e. The molecule has 0 spiro atoms. The molecule has 0 unspecified atom stereocenters. The zero-order chi connectivity index (χ0) is 41.7. The van der Waals surface area contributed by atoms with Gasteiger partial charge in [0.15, 0.2) is 6.10 Å². The molecular formula is C51H98O6. The van der Waals surface area contributed by atoms with E-state index in [4.69, 9.17) is 14.2 Å². The first kappa shape index (κ1) is 55.4. The number of rotatable bonds is 46. The second-order valence-corrected chi connectivity index (χ2v) is 17.9. The highest BCUT2D eigenvalue weighted by molar-refractivity contribution is 5.71. The van der Waals surface area contributed by atoms with E-state index in [0.29, 0.717) is 19.3 Å². The normalized spacial score (nSPS) is 11.9. The third-order valence-electron chi connectivity index (χ3n) is 11.5. The summed E-state index contributed by atoms with van der Waals surface area (Å²) in [5, 5.41) is 0. The van der Waals surface area contributed by atoms with Crippen molar-refractivity contribution in [3.8, 4) is 0 Å². The maximum absolute atomic E-state index is 12.8. The molecule has 0 saturated heterocycles. The van der Waals surface area contributed by atoms with Crippen molar-refractivity contribution in [1.29, 1.82) is 0 Å². The van der Waals surface area contributed by atoms with Crippen molar-refractivity contribution < 1.29 is 28.6 Å². The number of unbranched alkanes of at least 4 members (excludes halogenated alkanes) is 33. The van der Waals surface area contributed by atoms with Crippen molar-refractivity contribution in [2.75, 3.05) is 13.2 Å². The summed E-state index contributed by atoms with van der Waals surface area (Å²) in [6.45, 7) is 8.95. The average molecular weight is 807 g/mol. The summed E-state index contributed by atoms with van der Waals surface area (Å²) in [6, 6.07) is 0. The summed E-state index contributed by atoms with van der Waals surface area (Å²) in [6.07, 6.45) is 46.7. The minimum atomic E-state index is -0.760. The Morgan fingerprint density at radius 2 is 0.579 bits per heavy atom. The van der Waals surface area contributed by atoms with Gasteiger partial charge in [0.1, 0.15) is 13.2 Å². The summed E-state index contributed by atoms with van der Waals surface area (Å²) < 4.78 is 16.8. The number of carbonyl (C=O) groups is 3. The van der Waals surface area contributed by atoms with E-state index in [1.165, 1.54) is 180 Å². The second-order valence-electron chi connectivity index (χ2n) is 17.9. The van der Waals surface area contributed by atoms with E-state index in [1.807, 2.05) is 0 Å². The first-order valence-corrected chi connectivity index (χ1v) is 25.4. The van der Waals surface area contributed by atoms with Crippen molar-refractivity contribution in [3.05, 3.63) is 0 Å². The fourth-order valence-electron chi connectivity index (χ4n) is 7.69. The third kappa shape index (κ3) is 45.3. The van der Waals surface area contributed by atoms with E-state index >= 15 is 0 Å². The number of hydrogen-bond donors (Lipinski definition) is 0. The molecule has 0 aromatic rings. The quantitative estimate of drug-likeness (QED) is 0.0346. The molecular weight excluding hydrogens is 709 g/mol. The van der Waals surface area contributed by atoms with Gasteiger partial charge >= 0.3 is 17.9 Å². The molecule has 0 aromatic carbocycles. The van der Waals surface area contributed by atoms with E-state index in [2.05, 4.69) is 27.7 Å². The molecule has 0 N–H and O–H groups in total.